The van der Waals surface area contributed by atoms with Crippen molar-refractivity contribution >= 4 is 17.5 Å². The van der Waals surface area contributed by atoms with E-state index in [1.807, 2.05) is 19.1 Å². The second-order valence-corrected chi connectivity index (χ2v) is 2.81. The number of nitrogen functional groups attached to an aromatic ring is 1. The first-order valence-corrected chi connectivity index (χ1v) is 4.09. The van der Waals surface area contributed by atoms with Crippen molar-refractivity contribution in [1.29, 1.82) is 0 Å². The lowest BCUT2D eigenvalue weighted by molar-refractivity contribution is 0.173. The van der Waals surface area contributed by atoms with Crippen LogP contribution in [0.1, 0.15) is 5.56 Å². The zero-order valence-electron chi connectivity index (χ0n) is 8.13. The van der Waals surface area contributed by atoms with E-state index in [1.165, 1.54) is 7.11 Å². The number of anilines is 2. The SMILES string of the molecule is COC(=O)NNc1ccc(C)c(N)c1. The number of ether oxygens (including phenoxy) is 1. The Morgan fingerprint density at radius 1 is 1.50 bits per heavy atom. The average Bonchev–Trinajstić information content (AvgIpc) is 2.19. The summed E-state index contributed by atoms with van der Waals surface area (Å²) in [5, 5.41) is 0. The van der Waals surface area contributed by atoms with E-state index < -0.39 is 6.09 Å². The lowest BCUT2D eigenvalue weighted by atomic mass is 10.2. The van der Waals surface area contributed by atoms with E-state index in [0.717, 1.165) is 5.56 Å². The number of hydrogen-bond donors (Lipinski definition) is 3. The van der Waals surface area contributed by atoms with E-state index in [4.69, 9.17) is 5.73 Å². The van der Waals surface area contributed by atoms with Gasteiger partial charge in [0, 0.05) is 5.69 Å². The largest absolute Gasteiger partial charge is 0.452 e. The normalized spacial score (nSPS) is 9.29. The maximum absolute atomic E-state index is 10.7. The van der Waals surface area contributed by atoms with Gasteiger partial charge in [-0.3, -0.25) is 5.43 Å². The molecule has 0 saturated heterocycles. The third-order valence-corrected chi connectivity index (χ3v) is 1.77. The van der Waals surface area contributed by atoms with Gasteiger partial charge in [-0.2, -0.15) is 0 Å². The van der Waals surface area contributed by atoms with Crippen molar-refractivity contribution in [2.24, 2.45) is 0 Å². The van der Waals surface area contributed by atoms with Crippen molar-refractivity contribution in [2.75, 3.05) is 18.3 Å². The van der Waals surface area contributed by atoms with Crippen LogP contribution in [0.5, 0.6) is 0 Å². The number of rotatable bonds is 2. The molecule has 0 atom stereocenters. The van der Waals surface area contributed by atoms with E-state index in [1.54, 1.807) is 6.07 Å². The van der Waals surface area contributed by atoms with E-state index >= 15 is 0 Å². The fourth-order valence-corrected chi connectivity index (χ4v) is 0.892. The van der Waals surface area contributed by atoms with Gasteiger partial charge in [0.05, 0.1) is 12.8 Å². The summed E-state index contributed by atoms with van der Waals surface area (Å²) in [7, 11) is 1.29. The van der Waals surface area contributed by atoms with Gasteiger partial charge in [0.25, 0.3) is 0 Å². The Hall–Kier alpha value is -1.91. The Morgan fingerprint density at radius 3 is 2.79 bits per heavy atom. The molecule has 0 aromatic heterocycles. The van der Waals surface area contributed by atoms with Gasteiger partial charge in [0.1, 0.15) is 0 Å². The highest BCUT2D eigenvalue weighted by Gasteiger charge is 1.98. The van der Waals surface area contributed by atoms with Crippen molar-refractivity contribution in [3.63, 3.8) is 0 Å². The first-order valence-electron chi connectivity index (χ1n) is 4.09. The Bertz CT molecular complexity index is 339. The molecular formula is C9H13N3O2. The van der Waals surface area contributed by atoms with Crippen molar-refractivity contribution in [2.45, 2.75) is 6.92 Å². The van der Waals surface area contributed by atoms with Crippen LogP contribution in [-0.2, 0) is 4.74 Å². The van der Waals surface area contributed by atoms with Gasteiger partial charge >= 0.3 is 6.09 Å². The number of hydrogen-bond acceptors (Lipinski definition) is 4. The quantitative estimate of drug-likeness (QED) is 0.490. The Morgan fingerprint density at radius 2 is 2.21 bits per heavy atom. The molecule has 5 heteroatoms. The fourth-order valence-electron chi connectivity index (χ4n) is 0.892. The highest BCUT2D eigenvalue weighted by Crippen LogP contribution is 2.15. The highest BCUT2D eigenvalue weighted by molar-refractivity contribution is 5.70. The van der Waals surface area contributed by atoms with Crippen LogP contribution in [0.25, 0.3) is 0 Å². The van der Waals surface area contributed by atoms with Gasteiger partial charge in [-0.05, 0) is 24.6 Å². The summed E-state index contributed by atoms with van der Waals surface area (Å²) in [5.41, 5.74) is 13.0. The molecule has 1 amide bonds. The Labute approximate surface area is 82.2 Å². The number of nitrogens with one attached hydrogen (secondary N) is 2. The molecule has 0 unspecified atom stereocenters. The predicted octanol–water partition coefficient (Wildman–Crippen LogP) is 1.26. The number of hydrazine groups is 1. The lowest BCUT2D eigenvalue weighted by Gasteiger charge is -2.08. The first kappa shape index (κ1) is 10.2. The van der Waals surface area contributed by atoms with Crippen LogP contribution in [0.3, 0.4) is 0 Å². The molecule has 76 valence electrons. The number of carbonyl (C=O) groups is 1. The smallest absolute Gasteiger partial charge is 0.425 e. The van der Waals surface area contributed by atoms with Crippen LogP contribution in [0.15, 0.2) is 18.2 Å². The molecule has 0 aliphatic carbocycles. The zero-order chi connectivity index (χ0) is 10.6. The monoisotopic (exact) mass is 195 g/mol. The molecule has 4 N–H and O–H groups in total. The third kappa shape index (κ3) is 2.55. The van der Waals surface area contributed by atoms with Gasteiger partial charge in [0.2, 0.25) is 0 Å². The lowest BCUT2D eigenvalue weighted by Crippen LogP contribution is -2.28. The minimum atomic E-state index is -0.552. The van der Waals surface area contributed by atoms with E-state index in [2.05, 4.69) is 15.6 Å². The Kier molecular flexibility index (Phi) is 3.17. The van der Waals surface area contributed by atoms with Crippen molar-refractivity contribution in [1.82, 2.24) is 5.43 Å². The summed E-state index contributed by atoms with van der Waals surface area (Å²) in [4.78, 5) is 10.7. The number of benzene rings is 1. The summed E-state index contributed by atoms with van der Waals surface area (Å²) in [6, 6.07) is 5.39. The van der Waals surface area contributed by atoms with Crippen LogP contribution >= 0.6 is 0 Å². The van der Waals surface area contributed by atoms with E-state index in [9.17, 15) is 4.79 Å². The molecule has 0 radical (unpaired) electrons. The number of nitrogens with two attached hydrogens (primary N) is 1. The second kappa shape index (κ2) is 4.36. The second-order valence-electron chi connectivity index (χ2n) is 2.81. The maximum Gasteiger partial charge on any atom is 0.425 e. The van der Waals surface area contributed by atoms with E-state index in [0.29, 0.717) is 11.4 Å². The van der Waals surface area contributed by atoms with Gasteiger partial charge in [-0.15, -0.1) is 0 Å². The molecule has 5 nitrogen and oxygen atoms in total. The summed E-state index contributed by atoms with van der Waals surface area (Å²) in [6.45, 7) is 1.91. The van der Waals surface area contributed by atoms with Crippen molar-refractivity contribution in [3.8, 4) is 0 Å². The van der Waals surface area contributed by atoms with Crippen molar-refractivity contribution in [3.05, 3.63) is 23.8 Å². The molecule has 1 aromatic carbocycles. The average molecular weight is 195 g/mol. The van der Waals surface area contributed by atoms with Crippen LogP contribution < -0.4 is 16.6 Å². The fraction of sp³-hybridized carbons (Fsp3) is 0.222. The van der Waals surface area contributed by atoms with Crippen LogP contribution in [0.2, 0.25) is 0 Å². The molecular weight excluding hydrogens is 182 g/mol. The minimum Gasteiger partial charge on any atom is -0.452 e. The number of aryl methyl sites for hydroxylation is 1. The van der Waals surface area contributed by atoms with Gasteiger partial charge in [-0.1, -0.05) is 6.07 Å². The third-order valence-electron chi connectivity index (χ3n) is 1.77. The van der Waals surface area contributed by atoms with Gasteiger partial charge in [-0.25, -0.2) is 10.2 Å². The molecule has 0 heterocycles. The zero-order valence-corrected chi connectivity index (χ0v) is 8.13. The van der Waals surface area contributed by atoms with Gasteiger partial charge < -0.3 is 10.5 Å². The molecule has 14 heavy (non-hydrogen) atoms. The molecule has 0 saturated carbocycles. The summed E-state index contributed by atoms with van der Waals surface area (Å²) in [5.74, 6) is 0. The van der Waals surface area contributed by atoms with Crippen LogP contribution in [-0.4, -0.2) is 13.2 Å². The molecule has 0 aliphatic rings. The first-order chi connectivity index (χ1) is 6.63. The number of carbonyl (C=O) groups excluding carboxylic acids is 1. The molecule has 0 aliphatic heterocycles. The molecule has 1 rings (SSSR count). The van der Waals surface area contributed by atoms with E-state index in [-0.39, 0.29) is 0 Å². The predicted molar refractivity (Wildman–Crippen MR) is 54.8 cm³/mol. The minimum absolute atomic E-state index is 0.552. The van der Waals surface area contributed by atoms with Gasteiger partial charge in [0.15, 0.2) is 0 Å². The maximum atomic E-state index is 10.7. The highest BCUT2D eigenvalue weighted by atomic mass is 16.5. The summed E-state index contributed by atoms with van der Waals surface area (Å²) in [6.07, 6.45) is -0.552. The summed E-state index contributed by atoms with van der Waals surface area (Å²) < 4.78 is 4.38. The van der Waals surface area contributed by atoms with Crippen molar-refractivity contribution < 1.29 is 9.53 Å². The standard InChI is InChI=1S/C9H13N3O2/c1-6-3-4-7(5-8(6)10)11-12-9(13)14-2/h3-5,11H,10H2,1-2H3,(H,12,13). The van der Waals surface area contributed by atoms with Crippen LogP contribution in [0.4, 0.5) is 16.2 Å². The Balaban J connectivity index is 2.60. The molecule has 1 aromatic rings. The molecule has 0 bridgehead atoms. The topological polar surface area (TPSA) is 76.4 Å². The molecule has 0 fully saturated rings. The number of amides is 1. The summed E-state index contributed by atoms with van der Waals surface area (Å²) >= 11 is 0. The number of methoxy groups -OCH3 is 1. The van der Waals surface area contributed by atoms with Crippen LogP contribution in [0, 0.1) is 6.92 Å². The molecule has 0 spiro atoms.